The molecule has 7 nitrogen and oxygen atoms in total. The zero-order valence-electron chi connectivity index (χ0n) is 17.3. The average Bonchev–Trinajstić information content (AvgIpc) is 2.98. The molecule has 0 radical (unpaired) electrons. The summed E-state index contributed by atoms with van der Waals surface area (Å²) in [6.07, 6.45) is 0. The van der Waals surface area contributed by atoms with E-state index in [1.165, 1.54) is 11.0 Å². The van der Waals surface area contributed by atoms with Gasteiger partial charge in [-0.2, -0.15) is 0 Å². The summed E-state index contributed by atoms with van der Waals surface area (Å²) < 4.78 is 5.48. The fraction of sp³-hybridized carbons (Fsp3) is 0.304. The van der Waals surface area contributed by atoms with Crippen LogP contribution >= 0.6 is 0 Å². The molecule has 1 saturated heterocycles. The highest BCUT2D eigenvalue weighted by Crippen LogP contribution is 2.41. The van der Waals surface area contributed by atoms with Gasteiger partial charge < -0.3 is 24.7 Å². The summed E-state index contributed by atoms with van der Waals surface area (Å²) in [5, 5.41) is 21.0. The third kappa shape index (κ3) is 4.16. The number of hydrogen-bond acceptors (Lipinski definition) is 6. The van der Waals surface area contributed by atoms with Crippen LogP contribution in [0, 0.1) is 0 Å². The standard InChI is InChI=1S/C23H26N2O5/c1-4-30-18-14-16(10-11-17(18)26)20-19(21(27)15-8-6-5-7-9-15)22(28)23(29)25(20)13-12-24(2)3/h5-11,14,20,26-27H,4,12-13H2,1-3H3/b21-19-. The molecule has 1 amide bonds. The van der Waals surface area contributed by atoms with Crippen molar-refractivity contribution in [3.63, 3.8) is 0 Å². The first-order valence-corrected chi connectivity index (χ1v) is 9.79. The van der Waals surface area contributed by atoms with Gasteiger partial charge >= 0.3 is 0 Å². The number of aliphatic hydroxyl groups is 1. The second-order valence-corrected chi connectivity index (χ2v) is 7.32. The van der Waals surface area contributed by atoms with E-state index < -0.39 is 17.7 Å². The van der Waals surface area contributed by atoms with Gasteiger partial charge in [-0.15, -0.1) is 0 Å². The minimum atomic E-state index is -0.787. The highest BCUT2D eigenvalue weighted by molar-refractivity contribution is 6.46. The van der Waals surface area contributed by atoms with Crippen molar-refractivity contribution in [3.05, 3.63) is 65.2 Å². The molecule has 0 saturated carbocycles. The molecule has 2 N–H and O–H groups in total. The number of aliphatic hydroxyl groups excluding tert-OH is 1. The quantitative estimate of drug-likeness (QED) is 0.414. The number of ketones is 1. The van der Waals surface area contributed by atoms with E-state index in [0.717, 1.165) is 0 Å². The maximum atomic E-state index is 12.9. The lowest BCUT2D eigenvalue weighted by Crippen LogP contribution is -2.35. The molecule has 1 unspecified atom stereocenters. The lowest BCUT2D eigenvalue weighted by molar-refractivity contribution is -0.140. The lowest BCUT2D eigenvalue weighted by Gasteiger charge is -2.27. The number of nitrogens with zero attached hydrogens (tertiary/aromatic N) is 2. The topological polar surface area (TPSA) is 90.3 Å². The fourth-order valence-corrected chi connectivity index (χ4v) is 3.49. The van der Waals surface area contributed by atoms with Crippen LogP contribution in [0.5, 0.6) is 11.5 Å². The number of ether oxygens (including phenoxy) is 1. The Kier molecular flexibility index (Phi) is 6.42. The van der Waals surface area contributed by atoms with Crippen molar-refractivity contribution in [1.82, 2.24) is 9.80 Å². The first-order chi connectivity index (χ1) is 14.3. The smallest absolute Gasteiger partial charge is 0.295 e. The molecule has 0 spiro atoms. The van der Waals surface area contributed by atoms with Gasteiger partial charge in [-0.3, -0.25) is 9.59 Å². The van der Waals surface area contributed by atoms with Crippen LogP contribution in [0.4, 0.5) is 0 Å². The molecule has 30 heavy (non-hydrogen) atoms. The molecule has 0 bridgehead atoms. The Hall–Kier alpha value is -3.32. The molecule has 0 aromatic heterocycles. The summed E-state index contributed by atoms with van der Waals surface area (Å²) >= 11 is 0. The average molecular weight is 410 g/mol. The molecule has 2 aromatic rings. The number of phenols is 1. The SMILES string of the molecule is CCOc1cc(C2/C(=C(/O)c3ccccc3)C(=O)C(=O)N2CCN(C)C)ccc1O. The molecule has 7 heteroatoms. The van der Waals surface area contributed by atoms with Crippen LogP contribution < -0.4 is 4.74 Å². The predicted molar refractivity (Wildman–Crippen MR) is 113 cm³/mol. The van der Waals surface area contributed by atoms with Crippen molar-refractivity contribution >= 4 is 17.4 Å². The van der Waals surface area contributed by atoms with E-state index in [2.05, 4.69) is 0 Å². The molecule has 1 fully saturated rings. The maximum absolute atomic E-state index is 12.9. The summed E-state index contributed by atoms with van der Waals surface area (Å²) in [4.78, 5) is 29.2. The number of hydrogen-bond donors (Lipinski definition) is 2. The van der Waals surface area contributed by atoms with Crippen molar-refractivity contribution in [3.8, 4) is 11.5 Å². The van der Waals surface area contributed by atoms with Crippen molar-refractivity contribution in [2.24, 2.45) is 0 Å². The summed E-state index contributed by atoms with van der Waals surface area (Å²) in [5.74, 6) is -1.39. The van der Waals surface area contributed by atoms with E-state index in [9.17, 15) is 19.8 Å². The number of carbonyl (C=O) groups excluding carboxylic acids is 2. The van der Waals surface area contributed by atoms with E-state index in [1.54, 1.807) is 49.4 Å². The van der Waals surface area contributed by atoms with E-state index >= 15 is 0 Å². The number of rotatable bonds is 7. The second-order valence-electron chi connectivity index (χ2n) is 7.32. The van der Waals surface area contributed by atoms with Crippen molar-refractivity contribution in [2.45, 2.75) is 13.0 Å². The van der Waals surface area contributed by atoms with Crippen molar-refractivity contribution < 1.29 is 24.5 Å². The number of likely N-dealkylation sites (tertiary alicyclic amines) is 1. The van der Waals surface area contributed by atoms with E-state index in [4.69, 9.17) is 4.74 Å². The number of amides is 1. The normalized spacial score (nSPS) is 18.3. The molecule has 158 valence electrons. The zero-order valence-corrected chi connectivity index (χ0v) is 17.3. The first-order valence-electron chi connectivity index (χ1n) is 9.79. The second kappa shape index (κ2) is 9.00. The van der Waals surface area contributed by atoms with Crippen LogP contribution in [0.3, 0.4) is 0 Å². The van der Waals surface area contributed by atoms with Gasteiger partial charge in [0.2, 0.25) is 0 Å². The minimum absolute atomic E-state index is 0.0260. The lowest BCUT2D eigenvalue weighted by atomic mass is 9.95. The van der Waals surface area contributed by atoms with Gasteiger partial charge in [-0.05, 0) is 38.7 Å². The largest absolute Gasteiger partial charge is 0.507 e. The number of carbonyl (C=O) groups is 2. The van der Waals surface area contributed by atoms with Gasteiger partial charge in [0.15, 0.2) is 11.5 Å². The molecule has 3 rings (SSSR count). The molecular weight excluding hydrogens is 384 g/mol. The number of likely N-dealkylation sites (N-methyl/N-ethyl adjacent to an activating group) is 1. The maximum Gasteiger partial charge on any atom is 0.295 e. The number of Topliss-reactive ketones (excluding diaryl/α,β-unsaturated/α-hetero) is 1. The fourth-order valence-electron chi connectivity index (χ4n) is 3.49. The van der Waals surface area contributed by atoms with Crippen LogP contribution in [0.25, 0.3) is 5.76 Å². The predicted octanol–water partition coefficient (Wildman–Crippen LogP) is 2.77. The van der Waals surface area contributed by atoms with Gasteiger partial charge in [0.05, 0.1) is 18.2 Å². The van der Waals surface area contributed by atoms with E-state index in [1.807, 2.05) is 19.0 Å². The van der Waals surface area contributed by atoms with E-state index in [-0.39, 0.29) is 22.8 Å². The summed E-state index contributed by atoms with van der Waals surface area (Å²) in [6, 6.07) is 12.6. The Morgan fingerprint density at radius 3 is 2.47 bits per heavy atom. The Morgan fingerprint density at radius 1 is 1.13 bits per heavy atom. The van der Waals surface area contributed by atoms with Crippen LogP contribution in [-0.4, -0.2) is 65.5 Å². The van der Waals surface area contributed by atoms with Crippen LogP contribution in [0.15, 0.2) is 54.1 Å². The van der Waals surface area contributed by atoms with Crippen LogP contribution in [-0.2, 0) is 9.59 Å². The summed E-state index contributed by atoms with van der Waals surface area (Å²) in [6.45, 7) is 3.00. The van der Waals surface area contributed by atoms with Crippen molar-refractivity contribution in [2.75, 3.05) is 33.8 Å². The van der Waals surface area contributed by atoms with Crippen LogP contribution in [0.2, 0.25) is 0 Å². The molecule has 1 atom stereocenters. The van der Waals surface area contributed by atoms with E-state index in [0.29, 0.717) is 30.8 Å². The minimum Gasteiger partial charge on any atom is -0.507 e. The van der Waals surface area contributed by atoms with Gasteiger partial charge in [-0.1, -0.05) is 36.4 Å². The Balaban J connectivity index is 2.16. The highest BCUT2D eigenvalue weighted by Gasteiger charge is 2.46. The Bertz CT molecular complexity index is 969. The Morgan fingerprint density at radius 2 is 1.83 bits per heavy atom. The van der Waals surface area contributed by atoms with Crippen molar-refractivity contribution in [1.29, 1.82) is 0 Å². The summed E-state index contributed by atoms with van der Waals surface area (Å²) in [7, 11) is 3.76. The number of aromatic hydroxyl groups is 1. The molecule has 1 heterocycles. The van der Waals surface area contributed by atoms with Crippen LogP contribution in [0.1, 0.15) is 24.1 Å². The third-order valence-corrected chi connectivity index (χ3v) is 4.97. The molecular formula is C23H26N2O5. The van der Waals surface area contributed by atoms with Gasteiger partial charge in [0.1, 0.15) is 5.76 Å². The highest BCUT2D eigenvalue weighted by atomic mass is 16.5. The Labute approximate surface area is 175 Å². The monoisotopic (exact) mass is 410 g/mol. The molecule has 2 aromatic carbocycles. The van der Waals surface area contributed by atoms with Gasteiger partial charge in [0, 0.05) is 18.7 Å². The number of phenolic OH excluding ortho intramolecular Hbond substituents is 1. The zero-order chi connectivity index (χ0) is 21.8. The molecule has 1 aliphatic rings. The first kappa shape index (κ1) is 21.4. The third-order valence-electron chi connectivity index (χ3n) is 4.97. The molecule has 1 aliphatic heterocycles. The number of benzene rings is 2. The molecule has 0 aliphatic carbocycles. The summed E-state index contributed by atoms with van der Waals surface area (Å²) in [5.41, 5.74) is 1.06. The van der Waals surface area contributed by atoms with Gasteiger partial charge in [-0.25, -0.2) is 0 Å². The van der Waals surface area contributed by atoms with Gasteiger partial charge in [0.25, 0.3) is 11.7 Å².